The lowest BCUT2D eigenvalue weighted by Gasteiger charge is -2.26. The summed E-state index contributed by atoms with van der Waals surface area (Å²) in [5.74, 6) is 0.665. The Balaban J connectivity index is 1.71. The van der Waals surface area contributed by atoms with E-state index >= 15 is 0 Å². The molecule has 0 spiro atoms. The molecule has 8 nitrogen and oxygen atoms in total. The molecule has 2 aromatic carbocycles. The van der Waals surface area contributed by atoms with Gasteiger partial charge in [-0.2, -0.15) is 0 Å². The smallest absolute Gasteiger partial charge is 0.205 e. The maximum Gasteiger partial charge on any atom is 0.205 e. The van der Waals surface area contributed by atoms with E-state index < -0.39 is 0 Å². The van der Waals surface area contributed by atoms with Gasteiger partial charge in [0.15, 0.2) is 17.1 Å². The minimum Gasteiger partial charge on any atom is -0.507 e. The molecule has 0 bridgehead atoms. The molecule has 0 atom stereocenters. The lowest BCUT2D eigenvalue weighted by Crippen LogP contribution is -2.38. The number of phenolic OH excluding ortho intramolecular Hbond substituents is 1. The molecule has 1 saturated heterocycles. The predicted octanol–water partition coefficient (Wildman–Crippen LogP) is 3.76. The molecular weight excluding hydrogens is 426 g/mol. The molecule has 1 fully saturated rings. The van der Waals surface area contributed by atoms with Crippen molar-refractivity contribution in [2.75, 3.05) is 53.7 Å². The summed E-state index contributed by atoms with van der Waals surface area (Å²) in [6, 6.07) is 8.50. The molecule has 8 heteroatoms. The van der Waals surface area contributed by atoms with Gasteiger partial charge in [-0.05, 0) is 24.3 Å². The van der Waals surface area contributed by atoms with Crippen LogP contribution in [0, 0.1) is 0 Å². The number of ketones is 1. The zero-order valence-electron chi connectivity index (χ0n) is 18.7. The van der Waals surface area contributed by atoms with Crippen LogP contribution in [0.25, 0.3) is 17.0 Å². The third-order valence-electron chi connectivity index (χ3n) is 5.54. The second-order valence-corrected chi connectivity index (χ2v) is 7.49. The number of phenols is 1. The lowest BCUT2D eigenvalue weighted by atomic mass is 10.0. The quantitative estimate of drug-likeness (QED) is 0.387. The molecular formula is C25H27NO7. The van der Waals surface area contributed by atoms with Crippen molar-refractivity contribution in [3.05, 3.63) is 53.8 Å². The van der Waals surface area contributed by atoms with Gasteiger partial charge in [-0.1, -0.05) is 18.2 Å². The van der Waals surface area contributed by atoms with Crippen LogP contribution in [-0.2, 0) is 4.74 Å². The van der Waals surface area contributed by atoms with Crippen molar-refractivity contribution in [1.82, 2.24) is 4.90 Å². The topological polar surface area (TPSA) is 90.6 Å². The highest BCUT2D eigenvalue weighted by Gasteiger charge is 2.28. The highest BCUT2D eigenvalue weighted by atomic mass is 16.5. The van der Waals surface area contributed by atoms with E-state index in [9.17, 15) is 9.90 Å². The maximum absolute atomic E-state index is 13.4. The minimum absolute atomic E-state index is 0.0818. The van der Waals surface area contributed by atoms with Gasteiger partial charge >= 0.3 is 0 Å². The highest BCUT2D eigenvalue weighted by molar-refractivity contribution is 6.15. The van der Waals surface area contributed by atoms with E-state index in [0.29, 0.717) is 54.4 Å². The molecule has 2 heterocycles. The van der Waals surface area contributed by atoms with Crippen molar-refractivity contribution in [3.8, 4) is 23.0 Å². The molecule has 1 aliphatic heterocycles. The molecule has 1 aromatic heterocycles. The van der Waals surface area contributed by atoms with Crippen LogP contribution in [0.2, 0.25) is 0 Å². The number of nitrogens with zero attached hydrogens (tertiary/aromatic N) is 1. The number of carbonyl (C=O) groups is 1. The average Bonchev–Trinajstić information content (AvgIpc) is 3.32. The Bertz CT molecular complexity index is 1150. The standard InChI is InChI=1S/C25H27NO7/c1-29-22-18-9-13-32-23(18)25(30-2)24(33-16-12-26-10-14-31-15-11-26)21(22)20(28)8-7-17-5-3-4-6-19(17)27/h3-9,13,27H,10-12,14-16H2,1-2H3/b8-7+. The third kappa shape index (κ3) is 4.81. The number of aromatic hydroxyl groups is 1. The van der Waals surface area contributed by atoms with Crippen molar-refractivity contribution in [2.45, 2.75) is 0 Å². The number of carbonyl (C=O) groups excluding carboxylic acids is 1. The maximum atomic E-state index is 13.4. The van der Waals surface area contributed by atoms with Crippen molar-refractivity contribution >= 4 is 22.8 Å². The summed E-state index contributed by atoms with van der Waals surface area (Å²) in [5.41, 5.74) is 1.20. The summed E-state index contributed by atoms with van der Waals surface area (Å²) < 4.78 is 28.4. The van der Waals surface area contributed by atoms with Crippen LogP contribution >= 0.6 is 0 Å². The first-order valence-electron chi connectivity index (χ1n) is 10.7. The number of morpholine rings is 1. The summed E-state index contributed by atoms with van der Waals surface area (Å²) >= 11 is 0. The molecule has 1 N–H and O–H groups in total. The summed E-state index contributed by atoms with van der Waals surface area (Å²) in [7, 11) is 3.00. The second kappa shape index (κ2) is 10.4. The van der Waals surface area contributed by atoms with Gasteiger partial charge in [0.05, 0.1) is 39.1 Å². The minimum atomic E-state index is -0.349. The normalized spacial score (nSPS) is 14.6. The fraction of sp³-hybridized carbons (Fsp3) is 0.320. The first-order chi connectivity index (χ1) is 16.1. The monoisotopic (exact) mass is 453 g/mol. The first kappa shape index (κ1) is 22.7. The van der Waals surface area contributed by atoms with Crippen molar-refractivity contribution in [3.63, 3.8) is 0 Å². The van der Waals surface area contributed by atoms with E-state index in [1.54, 1.807) is 36.4 Å². The zero-order valence-corrected chi connectivity index (χ0v) is 18.7. The number of ether oxygens (including phenoxy) is 4. The van der Waals surface area contributed by atoms with Crippen LogP contribution in [-0.4, -0.2) is 69.5 Å². The molecule has 0 unspecified atom stereocenters. The molecule has 3 aromatic rings. The predicted molar refractivity (Wildman–Crippen MR) is 124 cm³/mol. The number of benzene rings is 2. The fourth-order valence-corrected chi connectivity index (χ4v) is 3.86. The molecule has 4 rings (SSSR count). The van der Waals surface area contributed by atoms with Gasteiger partial charge in [-0.25, -0.2) is 0 Å². The van der Waals surface area contributed by atoms with Gasteiger partial charge in [-0.15, -0.1) is 0 Å². The number of rotatable bonds is 9. The molecule has 0 radical (unpaired) electrons. The second-order valence-electron chi connectivity index (χ2n) is 7.49. The molecule has 0 aliphatic carbocycles. The van der Waals surface area contributed by atoms with Crippen molar-refractivity contribution in [2.24, 2.45) is 0 Å². The van der Waals surface area contributed by atoms with Crippen LogP contribution in [0.4, 0.5) is 0 Å². The van der Waals surface area contributed by atoms with Gasteiger partial charge in [0.2, 0.25) is 5.75 Å². The Morgan fingerprint density at radius 1 is 1.09 bits per heavy atom. The van der Waals surface area contributed by atoms with E-state index in [1.807, 2.05) is 0 Å². The molecule has 33 heavy (non-hydrogen) atoms. The Morgan fingerprint density at radius 2 is 1.85 bits per heavy atom. The summed E-state index contributed by atoms with van der Waals surface area (Å²) in [6.45, 7) is 4.06. The number of methoxy groups -OCH3 is 2. The molecule has 1 aliphatic rings. The van der Waals surface area contributed by atoms with Gasteiger partial charge < -0.3 is 28.5 Å². The zero-order chi connectivity index (χ0) is 23.2. The Labute approximate surface area is 191 Å². The number of furan rings is 1. The van der Waals surface area contributed by atoms with Gasteiger partial charge in [0.25, 0.3) is 0 Å². The van der Waals surface area contributed by atoms with Crippen LogP contribution in [0.15, 0.2) is 47.1 Å². The number of para-hydroxylation sites is 1. The largest absolute Gasteiger partial charge is 0.507 e. The third-order valence-corrected chi connectivity index (χ3v) is 5.54. The van der Waals surface area contributed by atoms with E-state index in [4.69, 9.17) is 23.4 Å². The van der Waals surface area contributed by atoms with Crippen LogP contribution in [0.1, 0.15) is 15.9 Å². The number of allylic oxidation sites excluding steroid dienone is 1. The van der Waals surface area contributed by atoms with Crippen LogP contribution in [0.5, 0.6) is 23.0 Å². The Morgan fingerprint density at radius 3 is 2.58 bits per heavy atom. The fourth-order valence-electron chi connectivity index (χ4n) is 3.86. The Kier molecular flexibility index (Phi) is 7.16. The van der Waals surface area contributed by atoms with E-state index in [2.05, 4.69) is 4.90 Å². The molecule has 174 valence electrons. The number of hydrogen-bond acceptors (Lipinski definition) is 8. The van der Waals surface area contributed by atoms with Crippen molar-refractivity contribution in [1.29, 1.82) is 0 Å². The summed E-state index contributed by atoms with van der Waals surface area (Å²) in [6.07, 6.45) is 4.45. The van der Waals surface area contributed by atoms with E-state index in [0.717, 1.165) is 13.1 Å². The molecule has 0 saturated carbocycles. The van der Waals surface area contributed by atoms with Crippen molar-refractivity contribution < 1.29 is 33.3 Å². The van der Waals surface area contributed by atoms with Crippen LogP contribution in [0.3, 0.4) is 0 Å². The van der Waals surface area contributed by atoms with Gasteiger partial charge in [0, 0.05) is 25.2 Å². The van der Waals surface area contributed by atoms with E-state index in [-0.39, 0.29) is 22.8 Å². The number of hydrogen-bond donors (Lipinski definition) is 1. The first-order valence-corrected chi connectivity index (χ1v) is 10.7. The SMILES string of the molecule is COc1c(C(=O)/C=C/c2ccccc2O)c(OCCN2CCOCC2)c(OC)c2occc12. The lowest BCUT2D eigenvalue weighted by molar-refractivity contribution is 0.0320. The average molecular weight is 453 g/mol. The highest BCUT2D eigenvalue weighted by Crippen LogP contribution is 2.46. The van der Waals surface area contributed by atoms with Gasteiger partial charge in [0.1, 0.15) is 23.7 Å². The molecule has 0 amide bonds. The number of fused-ring (bicyclic) bond motifs is 1. The van der Waals surface area contributed by atoms with Crippen LogP contribution < -0.4 is 14.2 Å². The Hall–Kier alpha value is -3.49. The summed E-state index contributed by atoms with van der Waals surface area (Å²) in [4.78, 5) is 15.6. The summed E-state index contributed by atoms with van der Waals surface area (Å²) in [5, 5.41) is 10.6. The van der Waals surface area contributed by atoms with E-state index in [1.165, 1.54) is 26.6 Å². The van der Waals surface area contributed by atoms with Gasteiger partial charge in [-0.3, -0.25) is 9.69 Å².